The third-order valence-corrected chi connectivity index (χ3v) is 5.24. The molecule has 2 aromatic rings. The summed E-state index contributed by atoms with van der Waals surface area (Å²) < 4.78 is 5.88. The summed E-state index contributed by atoms with van der Waals surface area (Å²) in [5, 5.41) is 10.4. The van der Waals surface area contributed by atoms with Crippen molar-refractivity contribution in [2.45, 2.75) is 13.0 Å². The fourth-order valence-corrected chi connectivity index (χ4v) is 3.54. The molecule has 0 atom stereocenters. The van der Waals surface area contributed by atoms with Crippen molar-refractivity contribution < 1.29 is 19.2 Å². The number of carbonyl (C=O) groups excluding carboxylic acids is 2. The van der Waals surface area contributed by atoms with Gasteiger partial charge in [0.2, 0.25) is 0 Å². The van der Waals surface area contributed by atoms with E-state index < -0.39 is 4.92 Å². The van der Waals surface area contributed by atoms with Gasteiger partial charge < -0.3 is 4.74 Å². The number of hydrogen-bond acceptors (Lipinski definition) is 6. The summed E-state index contributed by atoms with van der Waals surface area (Å²) in [7, 11) is 1.46. The number of thioether (sulfide) groups is 1. The summed E-state index contributed by atoms with van der Waals surface area (Å²) in [6, 6.07) is 11.7. The minimum absolute atomic E-state index is 0.0296. The van der Waals surface area contributed by atoms with Gasteiger partial charge in [0.25, 0.3) is 16.8 Å². The first-order valence-electron chi connectivity index (χ1n) is 8.70. The molecule has 0 radical (unpaired) electrons. The minimum Gasteiger partial charge on any atom is -0.489 e. The number of imide groups is 1. The minimum atomic E-state index is -0.446. The van der Waals surface area contributed by atoms with Gasteiger partial charge in [-0.3, -0.25) is 24.6 Å². The first-order valence-corrected chi connectivity index (χ1v) is 9.52. The Morgan fingerprint density at radius 1 is 1.21 bits per heavy atom. The predicted octanol–water partition coefficient (Wildman–Crippen LogP) is 4.57. The molecule has 8 heteroatoms. The second-order valence-corrected chi connectivity index (χ2v) is 7.31. The highest BCUT2D eigenvalue weighted by molar-refractivity contribution is 8.18. The van der Waals surface area contributed by atoms with E-state index in [1.165, 1.54) is 19.2 Å². The summed E-state index contributed by atoms with van der Waals surface area (Å²) >= 11 is 0.910. The SMILES string of the molecule is C=CCc1cc(/C=C2\SC(=O)N(C)C2=O)ccc1OCc1ccc([N+](=O)[O-])cc1. The van der Waals surface area contributed by atoms with E-state index in [1.54, 1.807) is 36.4 Å². The van der Waals surface area contributed by atoms with Crippen LogP contribution in [-0.2, 0) is 17.8 Å². The van der Waals surface area contributed by atoms with Crippen LogP contribution in [-0.4, -0.2) is 28.0 Å². The molecule has 0 N–H and O–H groups in total. The fraction of sp³-hybridized carbons (Fsp3) is 0.143. The zero-order valence-electron chi connectivity index (χ0n) is 15.7. The quantitative estimate of drug-likeness (QED) is 0.287. The number of likely N-dealkylation sites (N-methyl/N-ethyl adjacent to an activating group) is 1. The molecule has 1 aliphatic heterocycles. The Balaban J connectivity index is 1.77. The summed E-state index contributed by atoms with van der Waals surface area (Å²) in [6.45, 7) is 4.02. The number of amides is 2. The normalized spacial score (nSPS) is 15.1. The molecule has 0 spiro atoms. The van der Waals surface area contributed by atoms with Crippen molar-refractivity contribution in [3.63, 3.8) is 0 Å². The maximum Gasteiger partial charge on any atom is 0.293 e. The molecule has 0 aromatic heterocycles. The van der Waals surface area contributed by atoms with Gasteiger partial charge >= 0.3 is 0 Å². The molecule has 7 nitrogen and oxygen atoms in total. The summed E-state index contributed by atoms with van der Waals surface area (Å²) in [5.74, 6) is 0.341. The van der Waals surface area contributed by atoms with Gasteiger partial charge in [0.15, 0.2) is 0 Å². The Morgan fingerprint density at radius 2 is 1.93 bits per heavy atom. The number of nitrogens with zero attached hydrogens (tertiary/aromatic N) is 2. The van der Waals surface area contributed by atoms with Crippen molar-refractivity contribution in [3.8, 4) is 5.75 Å². The molecular formula is C21H18N2O5S. The van der Waals surface area contributed by atoms with Gasteiger partial charge in [0.05, 0.1) is 9.83 Å². The number of allylic oxidation sites excluding steroid dienone is 1. The lowest BCUT2D eigenvalue weighted by molar-refractivity contribution is -0.384. The summed E-state index contributed by atoms with van der Waals surface area (Å²) in [5.41, 5.74) is 2.50. The average molecular weight is 410 g/mol. The molecule has 2 aromatic carbocycles. The third kappa shape index (κ3) is 4.72. The Labute approximate surface area is 171 Å². The first kappa shape index (κ1) is 20.3. The molecule has 29 heavy (non-hydrogen) atoms. The lowest BCUT2D eigenvalue weighted by atomic mass is 10.1. The zero-order valence-corrected chi connectivity index (χ0v) is 16.5. The Kier molecular flexibility index (Phi) is 6.13. The molecule has 3 rings (SSSR count). The first-order chi connectivity index (χ1) is 13.9. The Bertz CT molecular complexity index is 1010. The number of hydrogen-bond donors (Lipinski definition) is 0. The van der Waals surface area contributed by atoms with Crippen LogP contribution >= 0.6 is 11.8 Å². The number of carbonyl (C=O) groups is 2. The molecule has 0 saturated carbocycles. The molecule has 1 aliphatic rings. The second kappa shape index (κ2) is 8.74. The van der Waals surface area contributed by atoms with Crippen LogP contribution in [0.15, 0.2) is 60.0 Å². The van der Waals surface area contributed by atoms with Crippen molar-refractivity contribution in [1.29, 1.82) is 0 Å². The Hall–Kier alpha value is -3.39. The van der Waals surface area contributed by atoms with Gasteiger partial charge in [-0.15, -0.1) is 6.58 Å². The maximum atomic E-state index is 12.1. The summed E-state index contributed by atoms with van der Waals surface area (Å²) in [6.07, 6.45) is 3.99. The van der Waals surface area contributed by atoms with Gasteiger partial charge in [-0.25, -0.2) is 0 Å². The van der Waals surface area contributed by atoms with Crippen molar-refractivity contribution in [3.05, 3.63) is 86.8 Å². The number of non-ortho nitro benzene ring substituents is 1. The van der Waals surface area contributed by atoms with Gasteiger partial charge in [0, 0.05) is 19.2 Å². The molecule has 1 heterocycles. The second-order valence-electron chi connectivity index (χ2n) is 6.31. The van der Waals surface area contributed by atoms with Crippen molar-refractivity contribution in [2.24, 2.45) is 0 Å². The lowest BCUT2D eigenvalue weighted by Gasteiger charge is -2.12. The van der Waals surface area contributed by atoms with E-state index in [2.05, 4.69) is 6.58 Å². The van der Waals surface area contributed by atoms with Crippen LogP contribution in [0.5, 0.6) is 5.75 Å². The van der Waals surface area contributed by atoms with Crippen LogP contribution in [0.25, 0.3) is 6.08 Å². The fourth-order valence-electron chi connectivity index (χ4n) is 2.72. The van der Waals surface area contributed by atoms with E-state index in [0.717, 1.165) is 33.4 Å². The Morgan fingerprint density at radius 3 is 2.52 bits per heavy atom. The van der Waals surface area contributed by atoms with E-state index in [0.29, 0.717) is 17.1 Å². The highest BCUT2D eigenvalue weighted by Crippen LogP contribution is 2.32. The largest absolute Gasteiger partial charge is 0.489 e. The standard InChI is InChI=1S/C21H18N2O5S/c1-3-4-16-11-15(12-19-20(24)22(2)21(25)29-19)7-10-18(16)28-13-14-5-8-17(9-6-14)23(26)27/h3,5-12H,1,4,13H2,2H3/b19-12-. The topological polar surface area (TPSA) is 89.8 Å². The van der Waals surface area contributed by atoms with Crippen molar-refractivity contribution >= 4 is 34.7 Å². The highest BCUT2D eigenvalue weighted by atomic mass is 32.2. The number of rotatable bonds is 7. The van der Waals surface area contributed by atoms with E-state index in [-0.39, 0.29) is 23.4 Å². The van der Waals surface area contributed by atoms with Crippen molar-refractivity contribution in [1.82, 2.24) is 4.90 Å². The molecule has 1 fully saturated rings. The molecule has 0 unspecified atom stereocenters. The molecule has 148 valence electrons. The van der Waals surface area contributed by atoms with Crippen LogP contribution in [0, 0.1) is 10.1 Å². The number of nitro benzene ring substituents is 1. The van der Waals surface area contributed by atoms with Crippen LogP contribution in [0.1, 0.15) is 16.7 Å². The number of benzene rings is 2. The molecule has 0 bridgehead atoms. The van der Waals surface area contributed by atoms with E-state index in [1.807, 2.05) is 6.07 Å². The van der Waals surface area contributed by atoms with Crippen LogP contribution in [0.3, 0.4) is 0 Å². The predicted molar refractivity (Wildman–Crippen MR) is 112 cm³/mol. The maximum absolute atomic E-state index is 12.1. The highest BCUT2D eigenvalue weighted by Gasteiger charge is 2.31. The number of nitro groups is 1. The van der Waals surface area contributed by atoms with Crippen LogP contribution < -0.4 is 4.74 Å². The monoisotopic (exact) mass is 410 g/mol. The van der Waals surface area contributed by atoms with E-state index in [4.69, 9.17) is 4.74 Å². The lowest BCUT2D eigenvalue weighted by Crippen LogP contribution is -2.22. The zero-order chi connectivity index (χ0) is 21.0. The van der Waals surface area contributed by atoms with Crippen LogP contribution in [0.2, 0.25) is 0 Å². The van der Waals surface area contributed by atoms with E-state index >= 15 is 0 Å². The molecule has 0 aliphatic carbocycles. The molecular weight excluding hydrogens is 392 g/mol. The van der Waals surface area contributed by atoms with Gasteiger partial charge in [-0.05, 0) is 65.2 Å². The van der Waals surface area contributed by atoms with E-state index in [9.17, 15) is 19.7 Å². The average Bonchev–Trinajstić information content (AvgIpc) is 2.94. The molecule has 2 amide bonds. The van der Waals surface area contributed by atoms with Gasteiger partial charge in [-0.1, -0.05) is 12.1 Å². The summed E-state index contributed by atoms with van der Waals surface area (Å²) in [4.78, 5) is 35.5. The number of ether oxygens (including phenoxy) is 1. The van der Waals surface area contributed by atoms with Crippen molar-refractivity contribution in [2.75, 3.05) is 7.05 Å². The van der Waals surface area contributed by atoms with Gasteiger partial charge in [0.1, 0.15) is 12.4 Å². The van der Waals surface area contributed by atoms with Crippen LogP contribution in [0.4, 0.5) is 10.5 Å². The van der Waals surface area contributed by atoms with Gasteiger partial charge in [-0.2, -0.15) is 0 Å². The third-order valence-electron chi connectivity index (χ3n) is 4.27. The molecule has 1 saturated heterocycles. The smallest absolute Gasteiger partial charge is 0.293 e.